The van der Waals surface area contributed by atoms with Crippen LogP contribution in [0.15, 0.2) is 12.1 Å². The number of piperazine rings is 1. The minimum absolute atomic E-state index is 0.0792. The van der Waals surface area contributed by atoms with E-state index in [1.165, 1.54) is 9.80 Å². The lowest BCUT2D eigenvalue weighted by atomic mass is 9.95. The van der Waals surface area contributed by atoms with Crippen molar-refractivity contribution in [3.63, 3.8) is 0 Å². The molecule has 168 valence electrons. The summed E-state index contributed by atoms with van der Waals surface area (Å²) in [6.45, 7) is 11.7. The van der Waals surface area contributed by atoms with Crippen LogP contribution in [0.2, 0.25) is 19.6 Å². The van der Waals surface area contributed by atoms with Crippen LogP contribution in [0.25, 0.3) is 0 Å². The third-order valence-electron chi connectivity index (χ3n) is 4.92. The molecule has 0 radical (unpaired) electrons. The predicted molar refractivity (Wildman–Crippen MR) is 113 cm³/mol. The van der Waals surface area contributed by atoms with Gasteiger partial charge in [-0.05, 0) is 38.5 Å². The fraction of sp³-hybridized carbons (Fsp3) is 0.545. The Morgan fingerprint density at radius 2 is 1.81 bits per heavy atom. The molecular weight excluding hydrogens is 425 g/mol. The highest BCUT2D eigenvalue weighted by Crippen LogP contribution is 2.43. The zero-order chi connectivity index (χ0) is 23.4. The predicted octanol–water partition coefficient (Wildman–Crippen LogP) is 4.68. The van der Waals surface area contributed by atoms with E-state index in [1.807, 2.05) is 19.6 Å². The van der Waals surface area contributed by atoms with Crippen molar-refractivity contribution in [3.8, 4) is 11.5 Å². The average Bonchev–Trinajstić information content (AvgIpc) is 2.89. The fourth-order valence-electron chi connectivity index (χ4n) is 3.65. The van der Waals surface area contributed by atoms with Gasteiger partial charge in [0, 0.05) is 25.2 Å². The molecule has 1 saturated heterocycles. The maximum atomic E-state index is 13.8. The Kier molecular flexibility index (Phi) is 5.68. The highest BCUT2D eigenvalue weighted by Gasteiger charge is 2.47. The van der Waals surface area contributed by atoms with Gasteiger partial charge in [0.1, 0.15) is 13.7 Å². The van der Waals surface area contributed by atoms with Gasteiger partial charge in [0.25, 0.3) is 5.91 Å². The number of ether oxygens (including phenoxy) is 1. The molecule has 1 aromatic carbocycles. The van der Waals surface area contributed by atoms with Gasteiger partial charge in [-0.2, -0.15) is 13.2 Å². The highest BCUT2D eigenvalue weighted by molar-refractivity contribution is 6.83. The van der Waals surface area contributed by atoms with Gasteiger partial charge in [-0.15, -0.1) is 5.54 Å². The van der Waals surface area contributed by atoms with E-state index in [9.17, 15) is 22.8 Å². The molecule has 2 amide bonds. The van der Waals surface area contributed by atoms with Gasteiger partial charge < -0.3 is 14.5 Å². The van der Waals surface area contributed by atoms with E-state index >= 15 is 0 Å². The van der Waals surface area contributed by atoms with Crippen molar-refractivity contribution < 1.29 is 27.5 Å². The monoisotopic (exact) mass is 452 g/mol. The van der Waals surface area contributed by atoms with Gasteiger partial charge in [-0.25, -0.2) is 4.79 Å². The molecule has 31 heavy (non-hydrogen) atoms. The lowest BCUT2D eigenvalue weighted by Gasteiger charge is -2.38. The number of hydrogen-bond donors (Lipinski definition) is 0. The average molecular weight is 453 g/mol. The number of alkyl halides is 3. The summed E-state index contributed by atoms with van der Waals surface area (Å²) < 4.78 is 46.9. The Balaban J connectivity index is 2.05. The number of benzene rings is 1. The Morgan fingerprint density at radius 1 is 1.16 bits per heavy atom. The molecule has 1 aromatic rings. The summed E-state index contributed by atoms with van der Waals surface area (Å²) in [6, 6.07) is 1.88. The van der Waals surface area contributed by atoms with Crippen LogP contribution in [0.1, 0.15) is 53.9 Å². The Bertz CT molecular complexity index is 981. The summed E-state index contributed by atoms with van der Waals surface area (Å²) >= 11 is 0. The summed E-state index contributed by atoms with van der Waals surface area (Å²) in [5, 5.41) is 0. The first kappa shape index (κ1) is 23.2. The van der Waals surface area contributed by atoms with Crippen LogP contribution in [-0.4, -0.2) is 55.1 Å². The van der Waals surface area contributed by atoms with Crippen LogP contribution in [-0.2, 0) is 10.9 Å². The van der Waals surface area contributed by atoms with Crippen molar-refractivity contribution >= 4 is 20.1 Å². The number of rotatable bonds is 0. The molecule has 0 bridgehead atoms. The fourth-order valence-corrected chi connectivity index (χ4v) is 4.17. The number of amides is 2. The summed E-state index contributed by atoms with van der Waals surface area (Å²) in [4.78, 5) is 28.3. The number of halogens is 3. The van der Waals surface area contributed by atoms with Crippen LogP contribution >= 0.6 is 0 Å². The second kappa shape index (κ2) is 7.59. The van der Waals surface area contributed by atoms with E-state index in [1.54, 1.807) is 26.8 Å². The maximum absolute atomic E-state index is 13.8. The normalized spacial score (nSPS) is 18.9. The molecule has 2 heterocycles. The minimum Gasteiger partial charge on any atom is -0.444 e. The van der Waals surface area contributed by atoms with E-state index in [-0.39, 0.29) is 36.3 Å². The number of fused-ring (bicyclic) bond motifs is 3. The molecule has 0 spiro atoms. The Hall–Kier alpha value is -2.47. The van der Waals surface area contributed by atoms with E-state index in [2.05, 4.69) is 11.5 Å². The maximum Gasteiger partial charge on any atom is 0.417 e. The molecule has 9 heteroatoms. The van der Waals surface area contributed by atoms with Crippen molar-refractivity contribution in [2.75, 3.05) is 19.6 Å². The van der Waals surface area contributed by atoms with E-state index in [4.69, 9.17) is 4.74 Å². The largest absolute Gasteiger partial charge is 0.444 e. The van der Waals surface area contributed by atoms with Gasteiger partial charge >= 0.3 is 12.3 Å². The Labute approximate surface area is 181 Å². The standard InChI is InChI=1S/C22H27F3N2O3Si/c1-21(2,3)30-20(29)26-8-9-27-17(13-26)15-11-14(7-10-31(4,5)6)12-16(22(23,24)25)18(15)19(27)28/h11-12,17H,8-9,13H2,1-6H3/t17-/m0/s1. The molecule has 2 aliphatic heterocycles. The van der Waals surface area contributed by atoms with Gasteiger partial charge in [-0.1, -0.05) is 25.6 Å². The molecule has 0 saturated carbocycles. The van der Waals surface area contributed by atoms with Crippen molar-refractivity contribution in [2.45, 2.75) is 58.2 Å². The number of hydrogen-bond acceptors (Lipinski definition) is 3. The van der Waals surface area contributed by atoms with Crippen molar-refractivity contribution in [1.82, 2.24) is 9.80 Å². The molecule has 3 rings (SSSR count). The van der Waals surface area contributed by atoms with Crippen molar-refractivity contribution in [3.05, 3.63) is 34.4 Å². The molecule has 5 nitrogen and oxygen atoms in total. The van der Waals surface area contributed by atoms with Crippen LogP contribution in [0, 0.1) is 11.5 Å². The molecular formula is C22H27F3N2O3Si. The zero-order valence-electron chi connectivity index (χ0n) is 18.6. The van der Waals surface area contributed by atoms with Gasteiger partial charge in [0.15, 0.2) is 0 Å². The lowest BCUT2D eigenvalue weighted by Crippen LogP contribution is -2.50. The summed E-state index contributed by atoms with van der Waals surface area (Å²) in [5.74, 6) is 2.23. The van der Waals surface area contributed by atoms with E-state index in [0.717, 1.165) is 6.07 Å². The summed E-state index contributed by atoms with van der Waals surface area (Å²) in [5.41, 5.74) is 1.60. The zero-order valence-corrected chi connectivity index (χ0v) is 19.6. The minimum atomic E-state index is -4.68. The number of carbonyl (C=O) groups excluding carboxylic acids is 2. The van der Waals surface area contributed by atoms with Crippen LogP contribution < -0.4 is 0 Å². The SMILES string of the molecule is CC(C)(C)OC(=O)N1CCN2C(=O)c3c(cc(C#C[Si](C)(C)C)cc3C(F)(F)F)[C@@H]2C1. The molecule has 0 aromatic heterocycles. The number of nitrogens with zero attached hydrogens (tertiary/aromatic N) is 2. The van der Waals surface area contributed by atoms with E-state index < -0.39 is 43.5 Å². The molecule has 0 aliphatic carbocycles. The molecule has 1 fully saturated rings. The third-order valence-corrected chi connectivity index (χ3v) is 5.80. The molecule has 1 atom stereocenters. The topological polar surface area (TPSA) is 49.9 Å². The van der Waals surface area contributed by atoms with Crippen LogP contribution in [0.3, 0.4) is 0 Å². The van der Waals surface area contributed by atoms with Gasteiger partial charge in [0.05, 0.1) is 17.2 Å². The third kappa shape index (κ3) is 5.06. The smallest absolute Gasteiger partial charge is 0.417 e. The molecule has 0 unspecified atom stereocenters. The second-order valence-electron chi connectivity index (χ2n) is 9.93. The van der Waals surface area contributed by atoms with Crippen molar-refractivity contribution in [2.24, 2.45) is 0 Å². The first-order valence-corrected chi connectivity index (χ1v) is 13.6. The van der Waals surface area contributed by atoms with Gasteiger partial charge in [0.2, 0.25) is 0 Å². The first-order valence-electron chi connectivity index (χ1n) is 10.1. The van der Waals surface area contributed by atoms with E-state index in [0.29, 0.717) is 0 Å². The van der Waals surface area contributed by atoms with Crippen molar-refractivity contribution in [1.29, 1.82) is 0 Å². The molecule has 2 aliphatic rings. The summed E-state index contributed by atoms with van der Waals surface area (Å²) in [7, 11) is -1.81. The lowest BCUT2D eigenvalue weighted by molar-refractivity contribution is -0.138. The van der Waals surface area contributed by atoms with Gasteiger partial charge in [-0.3, -0.25) is 4.79 Å². The number of carbonyl (C=O) groups is 2. The quantitative estimate of drug-likeness (QED) is 0.424. The highest BCUT2D eigenvalue weighted by atomic mass is 28.3. The van der Waals surface area contributed by atoms with Crippen LogP contribution in [0.4, 0.5) is 18.0 Å². The molecule has 0 N–H and O–H groups in total. The van der Waals surface area contributed by atoms with Crippen LogP contribution in [0.5, 0.6) is 0 Å². The Morgan fingerprint density at radius 3 is 2.35 bits per heavy atom. The first-order chi connectivity index (χ1) is 14.1. The summed E-state index contributed by atoms with van der Waals surface area (Å²) in [6.07, 6.45) is -5.23. The second-order valence-corrected chi connectivity index (χ2v) is 14.7.